The molecule has 0 radical (unpaired) electrons. The van der Waals surface area contributed by atoms with E-state index in [-0.39, 0.29) is 30.1 Å². The van der Waals surface area contributed by atoms with Gasteiger partial charge >= 0.3 is 0 Å². The number of methoxy groups -OCH3 is 1. The van der Waals surface area contributed by atoms with Crippen LogP contribution in [0, 0.1) is 5.92 Å². The van der Waals surface area contributed by atoms with Crippen LogP contribution in [-0.4, -0.2) is 36.9 Å². The molecule has 2 amide bonds. The van der Waals surface area contributed by atoms with Crippen LogP contribution in [0.2, 0.25) is 0 Å². The number of nitrogens with two attached hydrogens (primary N) is 1. The fourth-order valence-corrected chi connectivity index (χ4v) is 2.80. The van der Waals surface area contributed by atoms with Gasteiger partial charge in [0.25, 0.3) is 0 Å². The zero-order valence-electron chi connectivity index (χ0n) is 14.2. The Balaban J connectivity index is 0.00000288. The molecule has 6 nitrogen and oxygen atoms in total. The second-order valence-corrected chi connectivity index (χ2v) is 5.87. The number of hydrogen-bond acceptors (Lipinski definition) is 4. The standard InChI is InChI=1S/C17H25N3O3.ClH/c1-3-5-16(21)20-9-4-6-12(11-20)17(22)19-15-10-13(23-2)7-8-14(15)18;/h7-8,10,12H,3-6,9,11,18H2,1-2H3,(H,19,22);1H. The first-order valence-electron chi connectivity index (χ1n) is 8.07. The van der Waals surface area contributed by atoms with Gasteiger partial charge in [0.2, 0.25) is 11.8 Å². The number of amides is 2. The minimum absolute atomic E-state index is 0. The van der Waals surface area contributed by atoms with Gasteiger partial charge in [0, 0.05) is 25.6 Å². The molecule has 24 heavy (non-hydrogen) atoms. The van der Waals surface area contributed by atoms with Crippen LogP contribution in [0.25, 0.3) is 0 Å². The largest absolute Gasteiger partial charge is 0.497 e. The van der Waals surface area contributed by atoms with E-state index in [0.29, 0.717) is 30.1 Å². The lowest BCUT2D eigenvalue weighted by Crippen LogP contribution is -2.43. The fourth-order valence-electron chi connectivity index (χ4n) is 2.80. The molecule has 1 unspecified atom stereocenters. The molecule has 0 saturated carbocycles. The van der Waals surface area contributed by atoms with E-state index in [0.717, 1.165) is 25.8 Å². The molecule has 3 N–H and O–H groups in total. The van der Waals surface area contributed by atoms with Crippen molar-refractivity contribution in [3.63, 3.8) is 0 Å². The van der Waals surface area contributed by atoms with Crippen molar-refractivity contribution in [1.29, 1.82) is 0 Å². The van der Waals surface area contributed by atoms with E-state index in [4.69, 9.17) is 10.5 Å². The molecule has 1 saturated heterocycles. The number of ether oxygens (including phenoxy) is 1. The van der Waals surface area contributed by atoms with Crippen molar-refractivity contribution in [2.75, 3.05) is 31.2 Å². The Morgan fingerprint density at radius 1 is 1.42 bits per heavy atom. The monoisotopic (exact) mass is 355 g/mol. The lowest BCUT2D eigenvalue weighted by atomic mass is 9.96. The predicted octanol–water partition coefficient (Wildman–Crippen LogP) is 2.68. The Bertz CT molecular complexity index is 580. The number of nitrogens with one attached hydrogen (secondary N) is 1. The first-order valence-corrected chi connectivity index (χ1v) is 8.07. The number of benzene rings is 1. The Morgan fingerprint density at radius 2 is 2.17 bits per heavy atom. The summed E-state index contributed by atoms with van der Waals surface area (Å²) in [5.74, 6) is 0.470. The third kappa shape index (κ3) is 5.03. The highest BCUT2D eigenvalue weighted by Gasteiger charge is 2.28. The number of piperidine rings is 1. The topological polar surface area (TPSA) is 84.7 Å². The molecule has 0 spiro atoms. The predicted molar refractivity (Wildman–Crippen MR) is 97.5 cm³/mol. The summed E-state index contributed by atoms with van der Waals surface area (Å²) in [4.78, 5) is 26.3. The van der Waals surface area contributed by atoms with Crippen molar-refractivity contribution in [3.8, 4) is 5.75 Å². The van der Waals surface area contributed by atoms with E-state index in [1.165, 1.54) is 0 Å². The van der Waals surface area contributed by atoms with Crippen LogP contribution < -0.4 is 15.8 Å². The third-order valence-corrected chi connectivity index (χ3v) is 4.13. The minimum atomic E-state index is -0.199. The van der Waals surface area contributed by atoms with Crippen LogP contribution in [0.1, 0.15) is 32.6 Å². The first-order chi connectivity index (χ1) is 11.0. The maximum absolute atomic E-state index is 12.5. The average molecular weight is 356 g/mol. The van der Waals surface area contributed by atoms with Gasteiger partial charge in [-0.15, -0.1) is 12.4 Å². The normalized spacial score (nSPS) is 16.9. The highest BCUT2D eigenvalue weighted by Crippen LogP contribution is 2.26. The molecule has 2 rings (SSSR count). The number of hydrogen-bond donors (Lipinski definition) is 2. The number of nitrogens with zero attached hydrogens (tertiary/aromatic N) is 1. The number of carbonyl (C=O) groups excluding carboxylic acids is 2. The summed E-state index contributed by atoms with van der Waals surface area (Å²) in [6, 6.07) is 5.15. The summed E-state index contributed by atoms with van der Waals surface area (Å²) in [5, 5.41) is 2.86. The van der Waals surface area contributed by atoms with E-state index in [1.54, 1.807) is 30.2 Å². The van der Waals surface area contributed by atoms with Crippen molar-refractivity contribution in [3.05, 3.63) is 18.2 Å². The van der Waals surface area contributed by atoms with Gasteiger partial charge in [0.05, 0.1) is 24.4 Å². The maximum Gasteiger partial charge on any atom is 0.229 e. The summed E-state index contributed by atoms with van der Waals surface area (Å²) >= 11 is 0. The van der Waals surface area contributed by atoms with Gasteiger partial charge in [0.1, 0.15) is 5.75 Å². The van der Waals surface area contributed by atoms with Gasteiger partial charge in [0.15, 0.2) is 0 Å². The molecule has 1 aromatic carbocycles. The molecular formula is C17H26ClN3O3. The van der Waals surface area contributed by atoms with Gasteiger partial charge in [-0.2, -0.15) is 0 Å². The molecule has 0 aromatic heterocycles. The average Bonchev–Trinajstić information content (AvgIpc) is 2.57. The third-order valence-electron chi connectivity index (χ3n) is 4.13. The zero-order valence-corrected chi connectivity index (χ0v) is 15.0. The molecule has 134 valence electrons. The smallest absolute Gasteiger partial charge is 0.229 e. The van der Waals surface area contributed by atoms with Crippen LogP contribution >= 0.6 is 12.4 Å². The lowest BCUT2D eigenvalue weighted by Gasteiger charge is -2.32. The summed E-state index contributed by atoms with van der Waals surface area (Å²) < 4.78 is 5.15. The Hall–Kier alpha value is -1.95. The second kappa shape index (κ2) is 9.37. The highest BCUT2D eigenvalue weighted by molar-refractivity contribution is 5.96. The number of nitrogen functional groups attached to an aromatic ring is 1. The Kier molecular flexibility index (Phi) is 7.85. The van der Waals surface area contributed by atoms with E-state index >= 15 is 0 Å². The number of halogens is 1. The van der Waals surface area contributed by atoms with Gasteiger partial charge in [-0.25, -0.2) is 0 Å². The number of rotatable bonds is 5. The van der Waals surface area contributed by atoms with Crippen LogP contribution in [0.15, 0.2) is 18.2 Å². The van der Waals surface area contributed by atoms with Gasteiger partial charge < -0.3 is 20.7 Å². The number of likely N-dealkylation sites (tertiary alicyclic amines) is 1. The Labute approximate surface area is 149 Å². The van der Waals surface area contributed by atoms with E-state index in [9.17, 15) is 9.59 Å². The molecule has 1 aliphatic heterocycles. The van der Waals surface area contributed by atoms with Crippen molar-refractivity contribution in [2.24, 2.45) is 5.92 Å². The summed E-state index contributed by atoms with van der Waals surface area (Å²) in [7, 11) is 1.56. The van der Waals surface area contributed by atoms with Crippen molar-refractivity contribution in [2.45, 2.75) is 32.6 Å². The lowest BCUT2D eigenvalue weighted by molar-refractivity contribution is -0.134. The number of anilines is 2. The van der Waals surface area contributed by atoms with Crippen molar-refractivity contribution < 1.29 is 14.3 Å². The first kappa shape index (κ1) is 20.1. The van der Waals surface area contributed by atoms with Gasteiger partial charge in [-0.1, -0.05) is 6.92 Å². The van der Waals surface area contributed by atoms with Gasteiger partial charge in [-0.05, 0) is 31.4 Å². The fraction of sp³-hybridized carbons (Fsp3) is 0.529. The van der Waals surface area contributed by atoms with Crippen LogP contribution in [-0.2, 0) is 9.59 Å². The zero-order chi connectivity index (χ0) is 16.8. The summed E-state index contributed by atoms with van der Waals surface area (Å²) in [6.07, 6.45) is 3.00. The number of carbonyl (C=O) groups is 2. The van der Waals surface area contributed by atoms with E-state index < -0.39 is 0 Å². The van der Waals surface area contributed by atoms with Gasteiger partial charge in [-0.3, -0.25) is 9.59 Å². The molecule has 1 heterocycles. The highest BCUT2D eigenvalue weighted by atomic mass is 35.5. The molecular weight excluding hydrogens is 330 g/mol. The van der Waals surface area contributed by atoms with Crippen LogP contribution in [0.4, 0.5) is 11.4 Å². The minimum Gasteiger partial charge on any atom is -0.497 e. The molecule has 0 bridgehead atoms. The molecule has 0 aliphatic carbocycles. The molecule has 1 fully saturated rings. The van der Waals surface area contributed by atoms with E-state index in [1.807, 2.05) is 6.92 Å². The van der Waals surface area contributed by atoms with Crippen LogP contribution in [0.5, 0.6) is 5.75 Å². The quantitative estimate of drug-likeness (QED) is 0.795. The Morgan fingerprint density at radius 3 is 2.83 bits per heavy atom. The van der Waals surface area contributed by atoms with E-state index in [2.05, 4.69) is 5.32 Å². The maximum atomic E-state index is 12.5. The molecule has 1 atom stereocenters. The molecule has 1 aliphatic rings. The van der Waals surface area contributed by atoms with Crippen molar-refractivity contribution in [1.82, 2.24) is 4.90 Å². The summed E-state index contributed by atoms with van der Waals surface area (Å²) in [5.41, 5.74) is 6.94. The van der Waals surface area contributed by atoms with Crippen molar-refractivity contribution >= 4 is 35.6 Å². The second-order valence-electron chi connectivity index (χ2n) is 5.87. The molecule has 1 aromatic rings. The molecule has 7 heteroatoms. The SMILES string of the molecule is CCCC(=O)N1CCCC(C(=O)Nc2cc(OC)ccc2N)C1.Cl. The summed E-state index contributed by atoms with van der Waals surface area (Å²) in [6.45, 7) is 3.20. The van der Waals surface area contributed by atoms with Crippen LogP contribution in [0.3, 0.4) is 0 Å².